The van der Waals surface area contributed by atoms with Crippen molar-refractivity contribution in [2.75, 3.05) is 25.5 Å². The van der Waals surface area contributed by atoms with Crippen LogP contribution in [0.25, 0.3) is 27.8 Å². The number of aromatic amines is 1. The lowest BCUT2D eigenvalue weighted by Crippen LogP contribution is -2.51. The number of carbonyl (C=O) groups is 2. The number of nitriles is 1. The first-order chi connectivity index (χ1) is 22.4. The Bertz CT molecular complexity index is 2200. The number of Topliss-reactive ketones (excluding diaryl/α,β-unsaturated/α-hetero) is 1. The topological polar surface area (TPSA) is 98.0 Å². The molecule has 4 heterocycles. The van der Waals surface area contributed by atoms with Crippen LogP contribution in [0.2, 0.25) is 0 Å². The molecule has 1 spiro atoms. The van der Waals surface area contributed by atoms with Gasteiger partial charge in [-0.15, -0.1) is 0 Å². The van der Waals surface area contributed by atoms with E-state index in [9.17, 15) is 10.1 Å². The lowest BCUT2D eigenvalue weighted by Gasteiger charge is -2.38. The van der Waals surface area contributed by atoms with Crippen LogP contribution in [0.4, 0.5) is 5.69 Å². The third-order valence-corrected chi connectivity index (χ3v) is 9.87. The van der Waals surface area contributed by atoms with Crippen molar-refractivity contribution >= 4 is 28.3 Å². The second kappa shape index (κ2) is 10.1. The summed E-state index contributed by atoms with van der Waals surface area (Å²) in [5.41, 5.74) is 2.69. The van der Waals surface area contributed by atoms with Crippen LogP contribution in [0.3, 0.4) is 0 Å². The molecule has 8 rings (SSSR count). The van der Waals surface area contributed by atoms with Gasteiger partial charge in [-0.25, -0.2) is 4.68 Å². The van der Waals surface area contributed by atoms with Gasteiger partial charge < -0.3 is 9.88 Å². The molecule has 0 bridgehead atoms. The van der Waals surface area contributed by atoms with Crippen LogP contribution in [0.5, 0.6) is 0 Å². The summed E-state index contributed by atoms with van der Waals surface area (Å²) in [6.45, 7) is 0.0468. The number of likely N-dealkylation sites (tertiary alicyclic amines) is 1. The fourth-order valence-corrected chi connectivity index (χ4v) is 7.86. The summed E-state index contributed by atoms with van der Waals surface area (Å²) in [5, 5.41) is 17.2. The fourth-order valence-electron chi connectivity index (χ4n) is 7.86. The second-order valence-electron chi connectivity index (χ2n) is 12.2. The molecule has 0 aliphatic carbocycles. The number of hydrogen-bond acceptors (Lipinski definition) is 5. The van der Waals surface area contributed by atoms with E-state index >= 15 is 4.79 Å². The summed E-state index contributed by atoms with van der Waals surface area (Å²) in [6, 6.07) is 37.3. The Morgan fingerprint density at radius 3 is 2.35 bits per heavy atom. The van der Waals surface area contributed by atoms with Gasteiger partial charge >= 0.3 is 0 Å². The lowest BCUT2D eigenvalue weighted by atomic mass is 9.62. The van der Waals surface area contributed by atoms with E-state index in [1.54, 1.807) is 22.8 Å². The van der Waals surface area contributed by atoms with Crippen LogP contribution < -0.4 is 4.90 Å². The van der Waals surface area contributed by atoms with Gasteiger partial charge in [-0.05, 0) is 31.3 Å². The Morgan fingerprint density at radius 1 is 0.913 bits per heavy atom. The molecular weight excluding hydrogens is 572 g/mol. The van der Waals surface area contributed by atoms with E-state index in [0.29, 0.717) is 16.8 Å². The molecule has 2 aliphatic rings. The maximum Gasteiger partial charge on any atom is 0.252 e. The van der Waals surface area contributed by atoms with E-state index in [1.807, 2.05) is 127 Å². The first-order valence-corrected chi connectivity index (χ1v) is 15.2. The predicted octanol–water partition coefficient (Wildman–Crippen LogP) is 6.31. The quantitative estimate of drug-likeness (QED) is 0.233. The summed E-state index contributed by atoms with van der Waals surface area (Å²) in [7, 11) is 3.62. The summed E-state index contributed by atoms with van der Waals surface area (Å²) in [4.78, 5) is 36.8. The molecule has 3 atom stereocenters. The molecule has 1 N–H and O–H groups in total. The van der Waals surface area contributed by atoms with Gasteiger partial charge in [-0.3, -0.25) is 14.5 Å². The number of anilines is 1. The third-order valence-electron chi connectivity index (χ3n) is 9.87. The van der Waals surface area contributed by atoms with Gasteiger partial charge in [0.15, 0.2) is 5.78 Å². The zero-order valence-corrected chi connectivity index (χ0v) is 25.4. The molecule has 4 aromatic carbocycles. The average Bonchev–Trinajstić information content (AvgIpc) is 3.85. The van der Waals surface area contributed by atoms with Crippen LogP contribution in [-0.2, 0) is 10.3 Å². The van der Waals surface area contributed by atoms with Gasteiger partial charge in [-0.2, -0.15) is 10.4 Å². The summed E-state index contributed by atoms with van der Waals surface area (Å²) in [5.74, 6) is -1.42. The van der Waals surface area contributed by atoms with Crippen molar-refractivity contribution in [3.63, 3.8) is 0 Å². The zero-order chi connectivity index (χ0) is 31.6. The molecule has 2 aliphatic heterocycles. The summed E-state index contributed by atoms with van der Waals surface area (Å²) in [6.07, 6.45) is 3.60. The van der Waals surface area contributed by atoms with E-state index in [-0.39, 0.29) is 18.2 Å². The largest absolute Gasteiger partial charge is 0.360 e. The van der Waals surface area contributed by atoms with Crippen molar-refractivity contribution in [1.82, 2.24) is 19.7 Å². The number of benzene rings is 4. The number of carbonyl (C=O) groups excluding carboxylic acids is 2. The molecule has 1 amide bonds. The van der Waals surface area contributed by atoms with Gasteiger partial charge in [0.1, 0.15) is 11.0 Å². The maximum absolute atomic E-state index is 15.1. The number of ketones is 1. The monoisotopic (exact) mass is 602 g/mol. The highest BCUT2D eigenvalue weighted by molar-refractivity contribution is 6.15. The van der Waals surface area contributed by atoms with Gasteiger partial charge in [0, 0.05) is 70.7 Å². The molecule has 8 heteroatoms. The van der Waals surface area contributed by atoms with Crippen LogP contribution in [-0.4, -0.2) is 52.0 Å². The number of rotatable bonds is 5. The first-order valence-electron chi connectivity index (χ1n) is 15.2. The molecule has 8 nitrogen and oxygen atoms in total. The minimum Gasteiger partial charge on any atom is -0.360 e. The number of para-hydroxylation sites is 3. The van der Waals surface area contributed by atoms with Crippen LogP contribution >= 0.6 is 0 Å². The highest BCUT2D eigenvalue weighted by Gasteiger charge is 2.72. The third kappa shape index (κ3) is 3.60. The number of likely N-dealkylation sites (N-methyl/N-ethyl adjacent to an activating group) is 2. The average molecular weight is 603 g/mol. The van der Waals surface area contributed by atoms with Crippen molar-refractivity contribution in [1.29, 1.82) is 5.26 Å². The van der Waals surface area contributed by atoms with Crippen molar-refractivity contribution in [2.45, 2.75) is 11.5 Å². The second-order valence-corrected chi connectivity index (χ2v) is 12.2. The van der Waals surface area contributed by atoms with Crippen LogP contribution in [0.15, 0.2) is 122 Å². The van der Waals surface area contributed by atoms with Crippen LogP contribution in [0.1, 0.15) is 27.4 Å². The lowest BCUT2D eigenvalue weighted by molar-refractivity contribution is -0.128. The Labute approximate surface area is 266 Å². The molecule has 2 aromatic heterocycles. The molecule has 46 heavy (non-hydrogen) atoms. The Hall–Kier alpha value is -5.78. The summed E-state index contributed by atoms with van der Waals surface area (Å²) < 4.78 is 1.79. The number of H-pyrrole nitrogens is 1. The molecule has 0 saturated carbocycles. The minimum absolute atomic E-state index is 0.0468. The maximum atomic E-state index is 15.1. The highest BCUT2D eigenvalue weighted by atomic mass is 16.2. The van der Waals surface area contributed by atoms with Gasteiger partial charge in [-0.1, -0.05) is 84.9 Å². The number of nitrogens with zero attached hydrogens (tertiary/aromatic N) is 5. The number of aromatic nitrogens is 3. The number of amides is 1. The van der Waals surface area contributed by atoms with E-state index in [0.717, 1.165) is 33.4 Å². The smallest absolute Gasteiger partial charge is 0.252 e. The molecular formula is C38H30N6O2. The minimum atomic E-state index is -1.65. The normalized spacial score (nSPS) is 22.4. The molecule has 224 valence electrons. The number of fused-ring (bicyclic) bond motifs is 3. The Morgan fingerprint density at radius 2 is 1.59 bits per heavy atom. The molecule has 0 unspecified atom stereocenters. The highest BCUT2D eigenvalue weighted by Crippen LogP contribution is 2.63. The molecule has 1 saturated heterocycles. The number of hydrogen-bond donors (Lipinski definition) is 1. The predicted molar refractivity (Wildman–Crippen MR) is 177 cm³/mol. The van der Waals surface area contributed by atoms with Gasteiger partial charge in [0.05, 0.1) is 17.5 Å². The zero-order valence-electron chi connectivity index (χ0n) is 25.4. The van der Waals surface area contributed by atoms with Gasteiger partial charge in [0.2, 0.25) is 0 Å². The van der Waals surface area contributed by atoms with Gasteiger partial charge in [0.25, 0.3) is 5.91 Å². The Balaban J connectivity index is 1.47. The number of nitrogens with one attached hydrogen (secondary N) is 1. The molecule has 1 fully saturated rings. The first kappa shape index (κ1) is 27.7. The SMILES string of the molecule is CN1C(=O)[C@]2(c3ccccc31)[C@H](c1cn(-c3ccccc3)nc1-c1ccccc1)[C@@](C#N)(C(=O)c1c[nH]c3ccccc13)CN2C. The van der Waals surface area contributed by atoms with E-state index < -0.39 is 16.9 Å². The summed E-state index contributed by atoms with van der Waals surface area (Å²) >= 11 is 0. The standard InChI is InChI=1S/C38H30N6O2/c1-42-24-37(23-39,35(45)28-21-40-31-19-11-9-17-27(28)31)34(38(42)30-18-10-12-20-32(30)43(2)36(38)46)29-22-44(26-15-7-4-8-16-26)41-33(29)25-13-5-3-6-14-25/h3-22,34,40H,24H2,1-2H3/t34-,37+,38+/m1/s1. The Kier molecular flexibility index (Phi) is 6.11. The van der Waals surface area contributed by atoms with Crippen molar-refractivity contribution in [3.05, 3.63) is 138 Å². The fraction of sp³-hybridized carbons (Fsp3) is 0.158. The van der Waals surface area contributed by atoms with Crippen molar-refractivity contribution in [3.8, 4) is 23.0 Å². The molecule has 0 radical (unpaired) electrons. The van der Waals surface area contributed by atoms with Crippen molar-refractivity contribution in [2.24, 2.45) is 5.41 Å². The van der Waals surface area contributed by atoms with E-state index in [1.165, 1.54) is 0 Å². The van der Waals surface area contributed by atoms with Crippen molar-refractivity contribution < 1.29 is 9.59 Å². The van der Waals surface area contributed by atoms with Crippen LogP contribution in [0, 0.1) is 16.7 Å². The van der Waals surface area contributed by atoms with E-state index in [2.05, 4.69) is 11.1 Å². The van der Waals surface area contributed by atoms with E-state index in [4.69, 9.17) is 5.10 Å². The molecule has 6 aromatic rings.